The summed E-state index contributed by atoms with van der Waals surface area (Å²) in [5, 5.41) is 9.66. The quantitative estimate of drug-likeness (QED) is 0.833. The predicted molar refractivity (Wildman–Crippen MR) is 69.6 cm³/mol. The Bertz CT molecular complexity index is 428. The molecule has 0 amide bonds. The van der Waals surface area contributed by atoms with Crippen LogP contribution in [0.2, 0.25) is 0 Å². The highest BCUT2D eigenvalue weighted by Gasteiger charge is 2.43. The Hall–Kier alpha value is -1.35. The number of rotatable bonds is 4. The molecular weight excluding hydrogens is 228 g/mol. The molecule has 1 N–H and O–H groups in total. The van der Waals surface area contributed by atoms with E-state index in [0.29, 0.717) is 13.0 Å². The Morgan fingerprint density at radius 3 is 2.89 bits per heavy atom. The van der Waals surface area contributed by atoms with E-state index in [-0.39, 0.29) is 0 Å². The summed E-state index contributed by atoms with van der Waals surface area (Å²) in [6, 6.07) is 7.80. The summed E-state index contributed by atoms with van der Waals surface area (Å²) in [4.78, 5) is 11.8. The number of hydrogen-bond acceptors (Lipinski definition) is 2. The van der Waals surface area contributed by atoms with Gasteiger partial charge in [0.1, 0.15) is 0 Å². The number of carboxylic acids is 1. The minimum Gasteiger partial charge on any atom is -0.479 e. The van der Waals surface area contributed by atoms with Gasteiger partial charge in [0, 0.05) is 6.61 Å². The van der Waals surface area contributed by atoms with Crippen LogP contribution in [0.1, 0.15) is 43.7 Å². The van der Waals surface area contributed by atoms with Crippen LogP contribution in [0.15, 0.2) is 24.3 Å². The smallest absolute Gasteiger partial charge is 0.340 e. The van der Waals surface area contributed by atoms with Gasteiger partial charge in [0.25, 0.3) is 0 Å². The zero-order valence-electron chi connectivity index (χ0n) is 10.8. The van der Waals surface area contributed by atoms with E-state index in [4.69, 9.17) is 4.74 Å². The lowest BCUT2D eigenvalue weighted by Crippen LogP contribution is -2.39. The first kappa shape index (κ1) is 13.1. The fourth-order valence-corrected chi connectivity index (χ4v) is 2.67. The van der Waals surface area contributed by atoms with Crippen molar-refractivity contribution in [3.8, 4) is 0 Å². The Kier molecular flexibility index (Phi) is 4.02. The van der Waals surface area contributed by atoms with Gasteiger partial charge in [-0.05, 0) is 43.2 Å². The first-order chi connectivity index (χ1) is 8.70. The summed E-state index contributed by atoms with van der Waals surface area (Å²) < 4.78 is 5.79. The number of aliphatic carboxylic acids is 1. The Labute approximate surface area is 108 Å². The molecule has 1 atom stereocenters. The van der Waals surface area contributed by atoms with Gasteiger partial charge in [0.15, 0.2) is 5.60 Å². The van der Waals surface area contributed by atoms with Gasteiger partial charge >= 0.3 is 5.97 Å². The topological polar surface area (TPSA) is 46.5 Å². The zero-order valence-corrected chi connectivity index (χ0v) is 10.8. The van der Waals surface area contributed by atoms with Crippen LogP contribution < -0.4 is 0 Å². The van der Waals surface area contributed by atoms with E-state index < -0.39 is 11.6 Å². The number of benzene rings is 1. The molecule has 3 nitrogen and oxygen atoms in total. The fraction of sp³-hybridized carbons (Fsp3) is 0.533. The number of carboxylic acid groups (broad SMARTS) is 1. The van der Waals surface area contributed by atoms with Crippen LogP contribution in [0.5, 0.6) is 0 Å². The first-order valence-electron chi connectivity index (χ1n) is 6.66. The van der Waals surface area contributed by atoms with Gasteiger partial charge in [-0.3, -0.25) is 0 Å². The molecule has 0 aliphatic heterocycles. The SMILES string of the molecule is CCCOC1(C(=O)O)CCCCc2ccccc21. The van der Waals surface area contributed by atoms with Crippen LogP contribution >= 0.6 is 0 Å². The normalized spacial score (nSPS) is 23.2. The van der Waals surface area contributed by atoms with Crippen molar-refractivity contribution in [3.05, 3.63) is 35.4 Å². The van der Waals surface area contributed by atoms with Gasteiger partial charge in [-0.15, -0.1) is 0 Å². The van der Waals surface area contributed by atoms with Crippen molar-refractivity contribution in [1.82, 2.24) is 0 Å². The standard InChI is InChI=1S/C15H20O3/c1-2-11-18-15(14(16)17)10-6-5-8-12-7-3-4-9-13(12)15/h3-4,7,9H,2,5-6,8,10-11H2,1H3,(H,16,17). The molecule has 2 rings (SSSR count). The second kappa shape index (κ2) is 5.53. The van der Waals surface area contributed by atoms with E-state index in [0.717, 1.165) is 36.8 Å². The van der Waals surface area contributed by atoms with E-state index in [1.165, 1.54) is 0 Å². The third-order valence-corrected chi connectivity index (χ3v) is 3.58. The highest BCUT2D eigenvalue weighted by molar-refractivity contribution is 5.80. The summed E-state index contributed by atoms with van der Waals surface area (Å²) in [6.45, 7) is 2.48. The van der Waals surface area contributed by atoms with E-state index in [1.807, 2.05) is 31.2 Å². The maximum Gasteiger partial charge on any atom is 0.340 e. The average molecular weight is 248 g/mol. The molecule has 3 heteroatoms. The molecule has 0 heterocycles. The van der Waals surface area contributed by atoms with Gasteiger partial charge in [-0.1, -0.05) is 31.2 Å². The van der Waals surface area contributed by atoms with Crippen LogP contribution in [-0.4, -0.2) is 17.7 Å². The summed E-state index contributed by atoms with van der Waals surface area (Å²) in [7, 11) is 0. The Balaban J connectivity index is 2.47. The van der Waals surface area contributed by atoms with Crippen LogP contribution in [0.25, 0.3) is 0 Å². The van der Waals surface area contributed by atoms with E-state index in [1.54, 1.807) is 0 Å². The summed E-state index contributed by atoms with van der Waals surface area (Å²) in [5.41, 5.74) is 0.834. The number of ether oxygens (including phenoxy) is 1. The van der Waals surface area contributed by atoms with Crippen LogP contribution in [-0.2, 0) is 21.6 Å². The molecular formula is C15H20O3. The van der Waals surface area contributed by atoms with E-state index >= 15 is 0 Å². The highest BCUT2D eigenvalue weighted by atomic mass is 16.5. The van der Waals surface area contributed by atoms with Gasteiger partial charge in [-0.25, -0.2) is 4.79 Å². The molecule has 0 bridgehead atoms. The first-order valence-corrected chi connectivity index (χ1v) is 6.66. The summed E-state index contributed by atoms with van der Waals surface area (Å²) in [5.74, 6) is -0.856. The monoisotopic (exact) mass is 248 g/mol. The van der Waals surface area contributed by atoms with Gasteiger partial charge in [0.2, 0.25) is 0 Å². The summed E-state index contributed by atoms with van der Waals surface area (Å²) >= 11 is 0. The van der Waals surface area contributed by atoms with Crippen molar-refractivity contribution in [2.45, 2.75) is 44.6 Å². The van der Waals surface area contributed by atoms with E-state index in [2.05, 4.69) is 0 Å². The zero-order chi connectivity index (χ0) is 13.0. The number of carbonyl (C=O) groups is 1. The molecule has 0 saturated carbocycles. The number of fused-ring (bicyclic) bond motifs is 1. The lowest BCUT2D eigenvalue weighted by molar-refractivity contribution is -0.169. The molecule has 0 saturated heterocycles. The minimum atomic E-state index is -1.14. The highest BCUT2D eigenvalue weighted by Crippen LogP contribution is 2.37. The van der Waals surface area contributed by atoms with Crippen molar-refractivity contribution in [3.63, 3.8) is 0 Å². The predicted octanol–water partition coefficient (Wildman–Crippen LogP) is 3.12. The lowest BCUT2D eigenvalue weighted by atomic mass is 9.87. The molecule has 1 aromatic rings. The molecule has 0 radical (unpaired) electrons. The third kappa shape index (κ3) is 2.27. The molecule has 1 aromatic carbocycles. The molecule has 1 unspecified atom stereocenters. The van der Waals surface area contributed by atoms with Crippen LogP contribution in [0.3, 0.4) is 0 Å². The second-order valence-corrected chi connectivity index (χ2v) is 4.84. The van der Waals surface area contributed by atoms with Crippen LogP contribution in [0.4, 0.5) is 0 Å². The maximum atomic E-state index is 11.8. The minimum absolute atomic E-state index is 0.487. The number of hydrogen-bond donors (Lipinski definition) is 1. The molecule has 0 spiro atoms. The van der Waals surface area contributed by atoms with Gasteiger partial charge in [-0.2, -0.15) is 0 Å². The van der Waals surface area contributed by atoms with Crippen LogP contribution in [0, 0.1) is 0 Å². The van der Waals surface area contributed by atoms with Crippen molar-refractivity contribution in [1.29, 1.82) is 0 Å². The molecule has 18 heavy (non-hydrogen) atoms. The lowest BCUT2D eigenvalue weighted by Gasteiger charge is -2.30. The summed E-state index contributed by atoms with van der Waals surface area (Å²) in [6.07, 6.45) is 4.27. The van der Waals surface area contributed by atoms with Gasteiger partial charge in [0.05, 0.1) is 0 Å². The molecule has 1 aliphatic carbocycles. The van der Waals surface area contributed by atoms with Crippen molar-refractivity contribution >= 4 is 5.97 Å². The van der Waals surface area contributed by atoms with Crippen molar-refractivity contribution in [2.75, 3.05) is 6.61 Å². The fourth-order valence-electron chi connectivity index (χ4n) is 2.67. The Morgan fingerprint density at radius 1 is 1.39 bits per heavy atom. The van der Waals surface area contributed by atoms with Gasteiger partial charge < -0.3 is 9.84 Å². The average Bonchev–Trinajstić information content (AvgIpc) is 2.57. The molecule has 0 fully saturated rings. The largest absolute Gasteiger partial charge is 0.479 e. The number of aryl methyl sites for hydroxylation is 1. The molecule has 1 aliphatic rings. The second-order valence-electron chi connectivity index (χ2n) is 4.84. The third-order valence-electron chi connectivity index (χ3n) is 3.58. The van der Waals surface area contributed by atoms with E-state index in [9.17, 15) is 9.90 Å². The maximum absolute atomic E-state index is 11.8. The molecule has 98 valence electrons. The van der Waals surface area contributed by atoms with Crippen molar-refractivity contribution < 1.29 is 14.6 Å². The Morgan fingerprint density at radius 2 is 2.17 bits per heavy atom. The van der Waals surface area contributed by atoms with Crippen molar-refractivity contribution in [2.24, 2.45) is 0 Å². The molecule has 0 aromatic heterocycles.